The maximum absolute atomic E-state index is 5.90. The SMILES string of the molecule is CCC1(C)OCc2cc(CC[Si](Cl)(Cl)Cl)ccc2O1. The van der Waals surface area contributed by atoms with Crippen LogP contribution in [0.15, 0.2) is 18.2 Å². The third kappa shape index (κ3) is 4.27. The minimum absolute atomic E-state index is 0.515. The zero-order valence-corrected chi connectivity index (χ0v) is 14.3. The number of hydrogen-bond donors (Lipinski definition) is 0. The highest BCUT2D eigenvalue weighted by atomic mass is 35.8. The van der Waals surface area contributed by atoms with Crippen LogP contribution in [0.1, 0.15) is 31.4 Å². The Morgan fingerprint density at radius 3 is 2.68 bits per heavy atom. The predicted molar refractivity (Wildman–Crippen MR) is 82.4 cm³/mol. The lowest BCUT2D eigenvalue weighted by molar-refractivity contribution is -0.194. The van der Waals surface area contributed by atoms with Gasteiger partial charge in [0, 0.05) is 18.9 Å². The van der Waals surface area contributed by atoms with Gasteiger partial charge in [0.05, 0.1) is 6.61 Å². The fraction of sp³-hybridized carbons (Fsp3) is 0.538. The maximum Gasteiger partial charge on any atom is 0.341 e. The highest BCUT2D eigenvalue weighted by molar-refractivity contribution is 7.64. The van der Waals surface area contributed by atoms with E-state index in [1.165, 1.54) is 0 Å². The molecule has 19 heavy (non-hydrogen) atoms. The molecule has 106 valence electrons. The Labute approximate surface area is 129 Å². The van der Waals surface area contributed by atoms with Crippen LogP contribution < -0.4 is 4.74 Å². The molecule has 0 aromatic heterocycles. The second kappa shape index (κ2) is 5.82. The zero-order chi connectivity index (χ0) is 14.1. The van der Waals surface area contributed by atoms with Crippen molar-refractivity contribution in [1.82, 2.24) is 0 Å². The number of aryl methyl sites for hydroxylation is 1. The molecule has 1 aliphatic rings. The van der Waals surface area contributed by atoms with E-state index in [2.05, 4.69) is 6.07 Å². The molecule has 0 saturated heterocycles. The van der Waals surface area contributed by atoms with Crippen molar-refractivity contribution in [2.45, 2.75) is 45.1 Å². The third-order valence-electron chi connectivity index (χ3n) is 3.32. The Morgan fingerprint density at radius 1 is 1.32 bits per heavy atom. The topological polar surface area (TPSA) is 18.5 Å². The minimum atomic E-state index is -2.55. The molecule has 0 N–H and O–H groups in total. The van der Waals surface area contributed by atoms with E-state index >= 15 is 0 Å². The third-order valence-corrected chi connectivity index (χ3v) is 5.84. The first kappa shape index (κ1) is 15.5. The van der Waals surface area contributed by atoms with Crippen molar-refractivity contribution in [3.63, 3.8) is 0 Å². The zero-order valence-electron chi connectivity index (χ0n) is 11.0. The fourth-order valence-corrected chi connectivity index (χ4v) is 3.38. The van der Waals surface area contributed by atoms with Crippen LogP contribution >= 0.6 is 33.2 Å². The summed E-state index contributed by atoms with van der Waals surface area (Å²) in [6.07, 6.45) is 1.59. The average molecular weight is 340 g/mol. The fourth-order valence-electron chi connectivity index (χ4n) is 1.95. The highest BCUT2D eigenvalue weighted by Gasteiger charge is 2.31. The molecule has 6 heteroatoms. The highest BCUT2D eigenvalue weighted by Crippen LogP contribution is 2.34. The first-order valence-corrected chi connectivity index (χ1v) is 11.6. The molecule has 1 heterocycles. The summed E-state index contributed by atoms with van der Waals surface area (Å²) in [5, 5.41) is 0. The maximum atomic E-state index is 5.90. The van der Waals surface area contributed by atoms with Crippen LogP contribution in [0.4, 0.5) is 0 Å². The van der Waals surface area contributed by atoms with E-state index < -0.39 is 11.8 Å². The number of fused-ring (bicyclic) bond motifs is 1. The van der Waals surface area contributed by atoms with E-state index in [1.807, 2.05) is 26.0 Å². The molecule has 1 atom stereocenters. The van der Waals surface area contributed by atoms with Gasteiger partial charge in [0.2, 0.25) is 5.79 Å². The van der Waals surface area contributed by atoms with Gasteiger partial charge >= 0.3 is 6.00 Å². The van der Waals surface area contributed by atoms with Gasteiger partial charge in [-0.1, -0.05) is 13.0 Å². The lowest BCUT2D eigenvalue weighted by Crippen LogP contribution is -2.38. The van der Waals surface area contributed by atoms with Crippen molar-refractivity contribution in [2.75, 3.05) is 0 Å². The normalized spacial score (nSPS) is 22.8. The molecule has 2 rings (SSSR count). The van der Waals surface area contributed by atoms with E-state index in [0.29, 0.717) is 12.7 Å². The van der Waals surface area contributed by atoms with Gasteiger partial charge < -0.3 is 9.47 Å². The summed E-state index contributed by atoms with van der Waals surface area (Å²) in [5.74, 6) is 0.379. The van der Waals surface area contributed by atoms with Crippen molar-refractivity contribution in [2.24, 2.45) is 0 Å². The number of benzene rings is 1. The average Bonchev–Trinajstić information content (AvgIpc) is 2.35. The molecule has 1 aromatic rings. The van der Waals surface area contributed by atoms with Crippen molar-refractivity contribution in [3.8, 4) is 5.75 Å². The number of halogens is 3. The molecule has 0 aliphatic carbocycles. The van der Waals surface area contributed by atoms with Crippen LogP contribution in [0.25, 0.3) is 0 Å². The summed E-state index contributed by atoms with van der Waals surface area (Å²) in [6.45, 7) is 4.57. The van der Waals surface area contributed by atoms with E-state index in [1.54, 1.807) is 0 Å². The molecule has 0 fully saturated rings. The molecule has 0 spiro atoms. The van der Waals surface area contributed by atoms with Crippen molar-refractivity contribution >= 4 is 39.2 Å². The minimum Gasteiger partial charge on any atom is -0.462 e. The van der Waals surface area contributed by atoms with E-state index in [4.69, 9.17) is 42.7 Å². The molecular formula is C13H17Cl3O2Si. The Hall–Kier alpha value is 0.0669. The van der Waals surface area contributed by atoms with Gasteiger partial charge in [0.25, 0.3) is 0 Å². The monoisotopic (exact) mass is 338 g/mol. The van der Waals surface area contributed by atoms with Crippen LogP contribution in [-0.4, -0.2) is 11.8 Å². The Balaban J connectivity index is 2.09. The quantitative estimate of drug-likeness (QED) is 0.572. The molecule has 2 nitrogen and oxygen atoms in total. The van der Waals surface area contributed by atoms with Crippen LogP contribution in [0.2, 0.25) is 6.04 Å². The van der Waals surface area contributed by atoms with Crippen molar-refractivity contribution in [1.29, 1.82) is 0 Å². The standard InChI is InChI=1S/C13H17Cl3O2Si/c1-3-13(2)17-9-11-8-10(4-5-12(11)18-13)6-7-19(14,15)16/h4-5,8H,3,6-7,9H2,1-2H3. The molecule has 0 saturated carbocycles. The molecular weight excluding hydrogens is 323 g/mol. The summed E-state index contributed by atoms with van der Waals surface area (Å²) < 4.78 is 11.6. The summed E-state index contributed by atoms with van der Waals surface area (Å²) in [4.78, 5) is 0. The van der Waals surface area contributed by atoms with Gasteiger partial charge in [-0.3, -0.25) is 0 Å². The molecule has 1 unspecified atom stereocenters. The van der Waals surface area contributed by atoms with Gasteiger partial charge in [-0.2, -0.15) is 0 Å². The number of hydrogen-bond acceptors (Lipinski definition) is 2. The second-order valence-electron chi connectivity index (χ2n) is 4.94. The smallest absolute Gasteiger partial charge is 0.341 e. The summed E-state index contributed by atoms with van der Waals surface area (Å²) >= 11 is 17.7. The van der Waals surface area contributed by atoms with Crippen molar-refractivity contribution in [3.05, 3.63) is 29.3 Å². The molecule has 0 amide bonds. The lowest BCUT2D eigenvalue weighted by atomic mass is 10.1. The molecule has 0 radical (unpaired) electrons. The molecule has 1 aromatic carbocycles. The summed E-state index contributed by atoms with van der Waals surface area (Å²) in [7, 11) is 0. The van der Waals surface area contributed by atoms with Gasteiger partial charge in [0.15, 0.2) is 0 Å². The van der Waals surface area contributed by atoms with Crippen LogP contribution in [0.5, 0.6) is 5.75 Å². The molecule has 1 aliphatic heterocycles. The van der Waals surface area contributed by atoms with Gasteiger partial charge in [-0.25, -0.2) is 0 Å². The van der Waals surface area contributed by atoms with E-state index in [0.717, 1.165) is 29.7 Å². The first-order valence-electron chi connectivity index (χ1n) is 6.33. The van der Waals surface area contributed by atoms with E-state index in [-0.39, 0.29) is 0 Å². The van der Waals surface area contributed by atoms with Crippen LogP contribution in [-0.2, 0) is 17.8 Å². The number of ether oxygens (including phenoxy) is 2. The first-order chi connectivity index (χ1) is 8.81. The molecule has 0 bridgehead atoms. The van der Waals surface area contributed by atoms with Crippen LogP contribution in [0, 0.1) is 0 Å². The van der Waals surface area contributed by atoms with Gasteiger partial charge in [-0.15, -0.1) is 33.2 Å². The van der Waals surface area contributed by atoms with Crippen molar-refractivity contribution < 1.29 is 9.47 Å². The number of rotatable bonds is 4. The second-order valence-corrected chi connectivity index (χ2v) is 14.2. The largest absolute Gasteiger partial charge is 0.462 e. The van der Waals surface area contributed by atoms with Gasteiger partial charge in [0.1, 0.15) is 5.75 Å². The lowest BCUT2D eigenvalue weighted by Gasteiger charge is -2.35. The van der Waals surface area contributed by atoms with Gasteiger partial charge in [-0.05, 0) is 30.2 Å². The Bertz CT molecular complexity index is 462. The summed E-state index contributed by atoms with van der Waals surface area (Å²) in [5.41, 5.74) is 2.22. The predicted octanol–water partition coefficient (Wildman–Crippen LogP) is 4.92. The Kier molecular flexibility index (Phi) is 4.74. The van der Waals surface area contributed by atoms with E-state index in [9.17, 15) is 0 Å². The van der Waals surface area contributed by atoms with Crippen LogP contribution in [0.3, 0.4) is 0 Å². The summed E-state index contributed by atoms with van der Waals surface area (Å²) in [6, 6.07) is 4.18. The Morgan fingerprint density at radius 2 is 2.05 bits per heavy atom.